The maximum absolute atomic E-state index is 12.5. The van der Waals surface area contributed by atoms with Crippen molar-refractivity contribution in [3.8, 4) is 11.1 Å². The van der Waals surface area contributed by atoms with E-state index in [2.05, 4.69) is 58.3 Å². The molecule has 1 aromatic heterocycles. The molecule has 0 radical (unpaired) electrons. The number of aromatic nitrogens is 2. The van der Waals surface area contributed by atoms with Gasteiger partial charge in [0.1, 0.15) is 0 Å². The van der Waals surface area contributed by atoms with Crippen molar-refractivity contribution >= 4 is 11.9 Å². The van der Waals surface area contributed by atoms with Crippen LogP contribution >= 0.6 is 0 Å². The van der Waals surface area contributed by atoms with Gasteiger partial charge in [-0.25, -0.2) is 9.97 Å². The first-order chi connectivity index (χ1) is 14.6. The number of hydrogen-bond acceptors (Lipinski definition) is 4. The van der Waals surface area contributed by atoms with Crippen molar-refractivity contribution in [2.45, 2.75) is 39.2 Å². The summed E-state index contributed by atoms with van der Waals surface area (Å²) in [5.41, 5.74) is 5.00. The molecule has 4 rings (SSSR count). The average Bonchev–Trinajstić information content (AvgIpc) is 3.33. The molecule has 0 unspecified atom stereocenters. The fourth-order valence-electron chi connectivity index (χ4n) is 3.67. The van der Waals surface area contributed by atoms with Gasteiger partial charge in [-0.2, -0.15) is 0 Å². The highest BCUT2D eigenvalue weighted by Crippen LogP contribution is 2.21. The molecule has 0 saturated carbocycles. The third-order valence-electron chi connectivity index (χ3n) is 5.61. The number of rotatable bonds is 6. The SMILES string of the molecule is CC(C)c1ccc(CNC(=O)c2ccc(-c3cnc(N4CCCC4)nc3)cc2)cc1. The largest absolute Gasteiger partial charge is 0.348 e. The van der Waals surface area contributed by atoms with E-state index in [4.69, 9.17) is 0 Å². The Labute approximate surface area is 178 Å². The summed E-state index contributed by atoms with van der Waals surface area (Å²) in [5, 5.41) is 2.99. The van der Waals surface area contributed by atoms with Crippen molar-refractivity contribution in [3.05, 3.63) is 77.6 Å². The fraction of sp³-hybridized carbons (Fsp3) is 0.320. The van der Waals surface area contributed by atoms with E-state index < -0.39 is 0 Å². The number of hydrogen-bond donors (Lipinski definition) is 1. The van der Waals surface area contributed by atoms with Crippen LogP contribution in [-0.2, 0) is 6.54 Å². The van der Waals surface area contributed by atoms with E-state index >= 15 is 0 Å². The lowest BCUT2D eigenvalue weighted by Gasteiger charge is -2.14. The van der Waals surface area contributed by atoms with Crippen LogP contribution in [0, 0.1) is 0 Å². The lowest BCUT2D eigenvalue weighted by Crippen LogP contribution is -2.22. The van der Waals surface area contributed by atoms with Crippen LogP contribution < -0.4 is 10.2 Å². The second-order valence-corrected chi connectivity index (χ2v) is 8.12. The summed E-state index contributed by atoms with van der Waals surface area (Å²) in [6.07, 6.45) is 6.13. The van der Waals surface area contributed by atoms with Crippen LogP contribution in [0.3, 0.4) is 0 Å². The molecule has 1 aliphatic rings. The zero-order valence-electron chi connectivity index (χ0n) is 17.6. The standard InChI is InChI=1S/C25H28N4O/c1-18(2)20-7-5-19(6-8-20)15-26-24(30)22-11-9-21(10-12-22)23-16-27-25(28-17-23)29-13-3-4-14-29/h5-12,16-18H,3-4,13-15H2,1-2H3,(H,26,30). The molecule has 5 nitrogen and oxygen atoms in total. The second kappa shape index (κ2) is 9.08. The minimum Gasteiger partial charge on any atom is -0.348 e. The Kier molecular flexibility index (Phi) is 6.07. The molecule has 2 aromatic carbocycles. The normalized spacial score (nSPS) is 13.6. The molecule has 0 spiro atoms. The molecule has 0 aliphatic carbocycles. The number of carbonyl (C=O) groups is 1. The molecule has 154 valence electrons. The van der Waals surface area contributed by atoms with E-state index in [0.717, 1.165) is 35.7 Å². The van der Waals surface area contributed by atoms with Gasteiger partial charge in [-0.3, -0.25) is 4.79 Å². The van der Waals surface area contributed by atoms with Crippen LogP contribution in [-0.4, -0.2) is 29.0 Å². The highest BCUT2D eigenvalue weighted by atomic mass is 16.1. The van der Waals surface area contributed by atoms with Crippen LogP contribution in [0.1, 0.15) is 54.1 Å². The zero-order valence-corrected chi connectivity index (χ0v) is 17.6. The zero-order chi connectivity index (χ0) is 20.9. The van der Waals surface area contributed by atoms with Crippen LogP contribution in [0.25, 0.3) is 11.1 Å². The van der Waals surface area contributed by atoms with Gasteiger partial charge in [0.15, 0.2) is 0 Å². The number of anilines is 1. The van der Waals surface area contributed by atoms with Crippen molar-refractivity contribution in [3.63, 3.8) is 0 Å². The highest BCUT2D eigenvalue weighted by Gasteiger charge is 2.14. The summed E-state index contributed by atoms with van der Waals surface area (Å²) in [7, 11) is 0. The van der Waals surface area contributed by atoms with Gasteiger partial charge in [-0.05, 0) is 47.6 Å². The summed E-state index contributed by atoms with van der Waals surface area (Å²) in [5.74, 6) is 1.23. The van der Waals surface area contributed by atoms with Gasteiger partial charge < -0.3 is 10.2 Å². The first kappa shape index (κ1) is 20.1. The van der Waals surface area contributed by atoms with Crippen LogP contribution in [0.5, 0.6) is 0 Å². The Morgan fingerprint density at radius 1 is 0.933 bits per heavy atom. The smallest absolute Gasteiger partial charge is 0.251 e. The number of benzene rings is 2. The molecule has 3 aromatic rings. The second-order valence-electron chi connectivity index (χ2n) is 8.12. The van der Waals surface area contributed by atoms with Gasteiger partial charge in [-0.15, -0.1) is 0 Å². The van der Waals surface area contributed by atoms with Crippen LogP contribution in [0.4, 0.5) is 5.95 Å². The highest BCUT2D eigenvalue weighted by molar-refractivity contribution is 5.94. The minimum absolute atomic E-state index is 0.0740. The molecule has 1 saturated heterocycles. The van der Waals surface area contributed by atoms with E-state index in [0.29, 0.717) is 18.0 Å². The Hall–Kier alpha value is -3.21. The van der Waals surface area contributed by atoms with Crippen molar-refractivity contribution in [1.82, 2.24) is 15.3 Å². The van der Waals surface area contributed by atoms with Crippen molar-refractivity contribution in [1.29, 1.82) is 0 Å². The topological polar surface area (TPSA) is 58.1 Å². The maximum Gasteiger partial charge on any atom is 0.251 e. The molecule has 5 heteroatoms. The fourth-order valence-corrected chi connectivity index (χ4v) is 3.67. The number of carbonyl (C=O) groups excluding carboxylic acids is 1. The summed E-state index contributed by atoms with van der Waals surface area (Å²) in [6.45, 7) is 6.93. The molecule has 30 heavy (non-hydrogen) atoms. The molecular weight excluding hydrogens is 372 g/mol. The van der Waals surface area contributed by atoms with Gasteiger partial charge >= 0.3 is 0 Å². The van der Waals surface area contributed by atoms with E-state index in [1.54, 1.807) is 0 Å². The summed E-state index contributed by atoms with van der Waals surface area (Å²) < 4.78 is 0. The molecule has 0 atom stereocenters. The molecule has 1 N–H and O–H groups in total. The van der Waals surface area contributed by atoms with Crippen molar-refractivity contribution in [2.75, 3.05) is 18.0 Å². The first-order valence-corrected chi connectivity index (χ1v) is 10.6. The van der Waals surface area contributed by atoms with E-state index in [1.165, 1.54) is 18.4 Å². The van der Waals surface area contributed by atoms with Crippen molar-refractivity contribution < 1.29 is 4.79 Å². The Morgan fingerprint density at radius 2 is 1.57 bits per heavy atom. The molecule has 0 bridgehead atoms. The van der Waals surface area contributed by atoms with Gasteiger partial charge in [0.05, 0.1) is 0 Å². The molecular formula is C25H28N4O. The Morgan fingerprint density at radius 3 is 2.17 bits per heavy atom. The van der Waals surface area contributed by atoms with E-state index in [-0.39, 0.29) is 5.91 Å². The molecule has 1 amide bonds. The van der Waals surface area contributed by atoms with E-state index in [9.17, 15) is 4.79 Å². The Bertz CT molecular complexity index is 973. The quantitative estimate of drug-likeness (QED) is 0.646. The molecule has 2 heterocycles. The lowest BCUT2D eigenvalue weighted by molar-refractivity contribution is 0.0951. The predicted octanol–water partition coefficient (Wildman–Crippen LogP) is 4.80. The molecule has 1 fully saturated rings. The van der Waals surface area contributed by atoms with Crippen LogP contribution in [0.15, 0.2) is 60.9 Å². The van der Waals surface area contributed by atoms with Gasteiger partial charge in [0.25, 0.3) is 5.91 Å². The lowest BCUT2D eigenvalue weighted by atomic mass is 10.0. The van der Waals surface area contributed by atoms with Gasteiger partial charge in [-0.1, -0.05) is 50.2 Å². The third kappa shape index (κ3) is 4.67. The van der Waals surface area contributed by atoms with Crippen molar-refractivity contribution in [2.24, 2.45) is 0 Å². The maximum atomic E-state index is 12.5. The monoisotopic (exact) mass is 400 g/mol. The van der Waals surface area contributed by atoms with Crippen LogP contribution in [0.2, 0.25) is 0 Å². The summed E-state index contributed by atoms with van der Waals surface area (Å²) >= 11 is 0. The van der Waals surface area contributed by atoms with Gasteiger partial charge in [0, 0.05) is 43.2 Å². The average molecular weight is 401 g/mol. The number of amides is 1. The number of nitrogens with zero attached hydrogens (tertiary/aromatic N) is 3. The predicted molar refractivity (Wildman–Crippen MR) is 121 cm³/mol. The Balaban J connectivity index is 1.36. The first-order valence-electron chi connectivity index (χ1n) is 10.6. The molecule has 1 aliphatic heterocycles. The third-order valence-corrected chi connectivity index (χ3v) is 5.61. The number of nitrogens with one attached hydrogen (secondary N) is 1. The summed E-state index contributed by atoms with van der Waals surface area (Å²) in [4.78, 5) is 23.7. The summed E-state index contributed by atoms with van der Waals surface area (Å²) in [6, 6.07) is 16.0. The van der Waals surface area contributed by atoms with Gasteiger partial charge in [0.2, 0.25) is 5.95 Å². The minimum atomic E-state index is -0.0740. The van der Waals surface area contributed by atoms with E-state index in [1.807, 2.05) is 36.7 Å².